The van der Waals surface area contributed by atoms with Crippen LogP contribution in [0.4, 0.5) is 0 Å². The normalized spacial score (nSPS) is 15.2. The third-order valence-electron chi connectivity index (χ3n) is 4.94. The summed E-state index contributed by atoms with van der Waals surface area (Å²) in [7, 11) is -3.53. The van der Waals surface area contributed by atoms with Crippen LogP contribution in [0.2, 0.25) is 0 Å². The zero-order valence-electron chi connectivity index (χ0n) is 16.8. The first-order valence-electron chi connectivity index (χ1n) is 9.84. The Morgan fingerprint density at radius 3 is 2.26 bits per heavy atom. The van der Waals surface area contributed by atoms with Crippen molar-refractivity contribution in [3.63, 3.8) is 0 Å². The Morgan fingerprint density at radius 2 is 1.58 bits per heavy atom. The largest absolute Gasteiger partial charge is 0.416 e. The van der Waals surface area contributed by atoms with Gasteiger partial charge >= 0.3 is 0 Å². The molecular formula is C21H22N4O4S2. The molecule has 0 spiro atoms. The van der Waals surface area contributed by atoms with E-state index in [-0.39, 0.29) is 29.6 Å². The second-order valence-electron chi connectivity index (χ2n) is 7.01. The fourth-order valence-electron chi connectivity index (χ4n) is 3.27. The lowest BCUT2D eigenvalue weighted by atomic mass is 10.2. The maximum atomic E-state index is 12.7. The van der Waals surface area contributed by atoms with Gasteiger partial charge in [0.25, 0.3) is 5.22 Å². The highest BCUT2D eigenvalue weighted by Crippen LogP contribution is 2.20. The van der Waals surface area contributed by atoms with Gasteiger partial charge in [-0.1, -0.05) is 60.3 Å². The predicted molar refractivity (Wildman–Crippen MR) is 116 cm³/mol. The van der Waals surface area contributed by atoms with Gasteiger partial charge in [0.05, 0.1) is 17.1 Å². The summed E-state index contributed by atoms with van der Waals surface area (Å²) < 4.78 is 32.4. The van der Waals surface area contributed by atoms with Crippen LogP contribution < -0.4 is 0 Å². The predicted octanol–water partition coefficient (Wildman–Crippen LogP) is 2.29. The van der Waals surface area contributed by atoms with E-state index in [1.54, 1.807) is 35.2 Å². The number of thioether (sulfide) groups is 1. The molecule has 0 unspecified atom stereocenters. The van der Waals surface area contributed by atoms with E-state index < -0.39 is 10.0 Å². The van der Waals surface area contributed by atoms with Gasteiger partial charge < -0.3 is 9.32 Å². The highest BCUT2D eigenvalue weighted by atomic mass is 32.2. The Balaban J connectivity index is 1.26. The first-order valence-corrected chi connectivity index (χ1v) is 12.3. The van der Waals surface area contributed by atoms with Crippen molar-refractivity contribution in [3.8, 4) is 0 Å². The third-order valence-corrected chi connectivity index (χ3v) is 7.65. The van der Waals surface area contributed by atoms with Gasteiger partial charge in [0.1, 0.15) is 0 Å². The molecule has 1 fully saturated rings. The van der Waals surface area contributed by atoms with Crippen LogP contribution in [0.3, 0.4) is 0 Å². The molecule has 2 aromatic carbocycles. The monoisotopic (exact) mass is 458 g/mol. The fraction of sp³-hybridized carbons (Fsp3) is 0.286. The minimum atomic E-state index is -3.53. The molecule has 0 atom stereocenters. The van der Waals surface area contributed by atoms with Crippen molar-refractivity contribution in [3.05, 3.63) is 72.1 Å². The van der Waals surface area contributed by atoms with Crippen LogP contribution in [-0.4, -0.2) is 65.7 Å². The van der Waals surface area contributed by atoms with Gasteiger partial charge in [0, 0.05) is 26.2 Å². The van der Waals surface area contributed by atoms with Gasteiger partial charge in [0.2, 0.25) is 21.8 Å². The molecule has 1 saturated heterocycles. The second kappa shape index (κ2) is 9.63. The van der Waals surface area contributed by atoms with Crippen molar-refractivity contribution in [1.29, 1.82) is 0 Å². The molecule has 10 heteroatoms. The van der Waals surface area contributed by atoms with Gasteiger partial charge in [-0.15, -0.1) is 10.2 Å². The molecule has 162 valence electrons. The Bertz CT molecular complexity index is 1110. The molecule has 0 aliphatic carbocycles. The van der Waals surface area contributed by atoms with E-state index in [0.29, 0.717) is 30.6 Å². The molecule has 3 aromatic rings. The van der Waals surface area contributed by atoms with Gasteiger partial charge in [-0.05, 0) is 17.7 Å². The summed E-state index contributed by atoms with van der Waals surface area (Å²) in [6, 6.07) is 18.2. The molecule has 0 bridgehead atoms. The first-order chi connectivity index (χ1) is 15.0. The summed E-state index contributed by atoms with van der Waals surface area (Å²) in [6.07, 6.45) is 0.542. The van der Waals surface area contributed by atoms with E-state index >= 15 is 0 Å². The molecule has 1 amide bonds. The number of benzene rings is 2. The number of hydrogen-bond acceptors (Lipinski definition) is 7. The molecule has 1 aromatic heterocycles. The zero-order valence-corrected chi connectivity index (χ0v) is 18.4. The van der Waals surface area contributed by atoms with Gasteiger partial charge in [0.15, 0.2) is 0 Å². The molecule has 1 aliphatic heterocycles. The van der Waals surface area contributed by atoms with E-state index in [0.717, 1.165) is 5.56 Å². The van der Waals surface area contributed by atoms with E-state index in [4.69, 9.17) is 4.42 Å². The lowest BCUT2D eigenvalue weighted by molar-refractivity contribution is -0.129. The summed E-state index contributed by atoms with van der Waals surface area (Å²) in [5, 5.41) is 8.38. The molecular weight excluding hydrogens is 436 g/mol. The lowest BCUT2D eigenvalue weighted by Crippen LogP contribution is -2.50. The molecule has 2 heterocycles. The Labute approximate surface area is 185 Å². The van der Waals surface area contributed by atoms with Crippen LogP contribution >= 0.6 is 11.8 Å². The first kappa shape index (κ1) is 21.5. The summed E-state index contributed by atoms with van der Waals surface area (Å²) in [4.78, 5) is 14.5. The van der Waals surface area contributed by atoms with Crippen molar-refractivity contribution >= 4 is 27.7 Å². The highest BCUT2D eigenvalue weighted by molar-refractivity contribution is 7.99. The Morgan fingerprint density at radius 1 is 0.935 bits per heavy atom. The van der Waals surface area contributed by atoms with Crippen molar-refractivity contribution in [2.75, 3.05) is 31.9 Å². The number of carbonyl (C=O) groups excluding carboxylic acids is 1. The number of carbonyl (C=O) groups is 1. The number of hydrogen-bond donors (Lipinski definition) is 0. The summed E-state index contributed by atoms with van der Waals surface area (Å²) in [6.45, 7) is 1.26. The van der Waals surface area contributed by atoms with Crippen LogP contribution in [-0.2, 0) is 21.2 Å². The number of piperazine rings is 1. The molecule has 0 saturated carbocycles. The number of nitrogens with zero attached hydrogens (tertiary/aromatic N) is 4. The number of aromatic nitrogens is 2. The zero-order chi connectivity index (χ0) is 21.7. The van der Waals surface area contributed by atoms with Crippen LogP contribution in [0.15, 0.2) is 75.2 Å². The summed E-state index contributed by atoms with van der Waals surface area (Å²) in [5.74, 6) is 0.587. The molecule has 1 aliphatic rings. The fourth-order valence-corrected chi connectivity index (χ4v) is 5.40. The Hall–Kier alpha value is -2.69. The van der Waals surface area contributed by atoms with E-state index in [9.17, 15) is 13.2 Å². The smallest absolute Gasteiger partial charge is 0.277 e. The minimum Gasteiger partial charge on any atom is -0.416 e. The van der Waals surface area contributed by atoms with Crippen molar-refractivity contribution in [2.24, 2.45) is 0 Å². The minimum absolute atomic E-state index is 0.0791. The lowest BCUT2D eigenvalue weighted by Gasteiger charge is -2.33. The molecule has 8 nitrogen and oxygen atoms in total. The molecule has 31 heavy (non-hydrogen) atoms. The van der Waals surface area contributed by atoms with E-state index in [1.807, 2.05) is 30.3 Å². The van der Waals surface area contributed by atoms with Crippen molar-refractivity contribution in [1.82, 2.24) is 19.4 Å². The summed E-state index contributed by atoms with van der Waals surface area (Å²) >= 11 is 1.19. The maximum Gasteiger partial charge on any atom is 0.277 e. The molecule has 0 N–H and O–H groups in total. The van der Waals surface area contributed by atoms with Crippen LogP contribution in [0.1, 0.15) is 11.5 Å². The third kappa shape index (κ3) is 5.33. The topological polar surface area (TPSA) is 96.6 Å². The average Bonchev–Trinajstić information content (AvgIpc) is 3.26. The van der Waals surface area contributed by atoms with Crippen LogP contribution in [0.25, 0.3) is 0 Å². The van der Waals surface area contributed by atoms with Crippen LogP contribution in [0, 0.1) is 0 Å². The molecule has 0 radical (unpaired) electrons. The highest BCUT2D eigenvalue weighted by Gasteiger charge is 2.30. The number of sulfonamides is 1. The number of amides is 1. The Kier molecular flexibility index (Phi) is 6.69. The standard InChI is InChI=1S/C21H22N4O4S2/c26-20(16-30-21-23-22-19(29-21)15-17-7-3-1-4-8-17)24-11-13-25(14-12-24)31(27,28)18-9-5-2-6-10-18/h1-10H,11-16H2. The van der Waals surface area contributed by atoms with E-state index in [2.05, 4.69) is 10.2 Å². The quantitative estimate of drug-likeness (QED) is 0.501. The summed E-state index contributed by atoms with van der Waals surface area (Å²) in [5.41, 5.74) is 1.07. The number of rotatable bonds is 7. The van der Waals surface area contributed by atoms with Crippen molar-refractivity contribution < 1.29 is 17.6 Å². The average molecular weight is 459 g/mol. The maximum absolute atomic E-state index is 12.7. The second-order valence-corrected chi connectivity index (χ2v) is 9.88. The molecule has 4 rings (SSSR count). The van der Waals surface area contributed by atoms with Gasteiger partial charge in [-0.3, -0.25) is 4.79 Å². The van der Waals surface area contributed by atoms with Gasteiger partial charge in [-0.25, -0.2) is 8.42 Å². The van der Waals surface area contributed by atoms with E-state index in [1.165, 1.54) is 16.1 Å². The van der Waals surface area contributed by atoms with Crippen LogP contribution in [0.5, 0.6) is 0 Å². The van der Waals surface area contributed by atoms with Crippen molar-refractivity contribution in [2.45, 2.75) is 16.5 Å². The SMILES string of the molecule is O=C(CSc1nnc(Cc2ccccc2)o1)N1CCN(S(=O)(=O)c2ccccc2)CC1. The van der Waals surface area contributed by atoms with Gasteiger partial charge in [-0.2, -0.15) is 4.31 Å².